The van der Waals surface area contributed by atoms with Gasteiger partial charge in [0.05, 0.1) is 4.47 Å². The van der Waals surface area contributed by atoms with Crippen molar-refractivity contribution in [3.8, 4) is 5.75 Å². The maximum Gasteiger partial charge on any atom is 0.279 e. The molecular weight excluding hydrogens is 396 g/mol. The molecule has 0 saturated heterocycles. The molecule has 0 fully saturated rings. The predicted molar refractivity (Wildman–Crippen MR) is 96.0 cm³/mol. The van der Waals surface area contributed by atoms with E-state index in [0.717, 1.165) is 5.56 Å². The Labute approximate surface area is 153 Å². The molecule has 2 rings (SSSR count). The van der Waals surface area contributed by atoms with Crippen LogP contribution in [0.5, 0.6) is 5.75 Å². The second-order valence-corrected chi connectivity index (χ2v) is 6.43. The number of rotatable bonds is 4. The average molecular weight is 412 g/mol. The van der Waals surface area contributed by atoms with Crippen LogP contribution in [0.15, 0.2) is 46.9 Å². The van der Waals surface area contributed by atoms with Crippen molar-refractivity contribution < 1.29 is 14.3 Å². The Kier molecular flexibility index (Phi) is 6.23. The van der Waals surface area contributed by atoms with Gasteiger partial charge in [-0.15, -0.1) is 0 Å². The highest BCUT2D eigenvalue weighted by Gasteiger charge is 2.17. The van der Waals surface area contributed by atoms with Crippen molar-refractivity contribution in [2.75, 3.05) is 0 Å². The first-order chi connectivity index (χ1) is 11.4. The predicted octanol–water partition coefficient (Wildman–Crippen LogP) is 3.64. The Balaban J connectivity index is 1.89. The van der Waals surface area contributed by atoms with Crippen LogP contribution in [0.4, 0.5) is 0 Å². The lowest BCUT2D eigenvalue weighted by Crippen LogP contribution is -2.47. The van der Waals surface area contributed by atoms with Gasteiger partial charge < -0.3 is 4.74 Å². The summed E-state index contributed by atoms with van der Waals surface area (Å²) in [7, 11) is 0. The van der Waals surface area contributed by atoms with Gasteiger partial charge in [0.2, 0.25) is 0 Å². The molecule has 0 saturated carbocycles. The monoisotopic (exact) mass is 410 g/mol. The summed E-state index contributed by atoms with van der Waals surface area (Å²) in [6, 6.07) is 12.0. The van der Waals surface area contributed by atoms with Crippen LogP contribution in [0, 0.1) is 6.92 Å². The van der Waals surface area contributed by atoms with Crippen molar-refractivity contribution in [3.63, 3.8) is 0 Å². The zero-order valence-corrected chi connectivity index (χ0v) is 15.4. The van der Waals surface area contributed by atoms with Gasteiger partial charge in [0, 0.05) is 10.6 Å². The maximum atomic E-state index is 12.0. The van der Waals surface area contributed by atoms with E-state index < -0.39 is 17.9 Å². The van der Waals surface area contributed by atoms with E-state index in [1.165, 1.54) is 0 Å². The van der Waals surface area contributed by atoms with Crippen LogP contribution in [0.3, 0.4) is 0 Å². The first kappa shape index (κ1) is 18.3. The fourth-order valence-corrected chi connectivity index (χ4v) is 2.59. The summed E-state index contributed by atoms with van der Waals surface area (Å²) in [6.07, 6.45) is -0.805. The summed E-state index contributed by atoms with van der Waals surface area (Å²) in [5.41, 5.74) is 6.20. The molecule has 126 valence electrons. The van der Waals surface area contributed by atoms with Crippen LogP contribution in [0.1, 0.15) is 22.8 Å². The lowest BCUT2D eigenvalue weighted by atomic mass is 10.1. The van der Waals surface area contributed by atoms with Crippen molar-refractivity contribution in [2.24, 2.45) is 0 Å². The second-order valence-electron chi connectivity index (χ2n) is 5.14. The molecule has 0 bridgehead atoms. The summed E-state index contributed by atoms with van der Waals surface area (Å²) in [5, 5.41) is 0.552. The molecule has 0 aliphatic carbocycles. The fraction of sp³-hybridized carbons (Fsp3) is 0.176. The van der Waals surface area contributed by atoms with Gasteiger partial charge in [-0.1, -0.05) is 29.3 Å². The molecule has 0 radical (unpaired) electrons. The molecule has 2 aromatic carbocycles. The number of hydrogen-bond donors (Lipinski definition) is 2. The summed E-state index contributed by atoms with van der Waals surface area (Å²) in [5.74, 6) is -0.396. The summed E-state index contributed by atoms with van der Waals surface area (Å²) in [6.45, 7) is 3.51. The molecular formula is C17H16BrClN2O3. The topological polar surface area (TPSA) is 67.4 Å². The largest absolute Gasteiger partial charge is 0.480 e. The first-order valence-corrected chi connectivity index (χ1v) is 8.32. The zero-order chi connectivity index (χ0) is 17.7. The van der Waals surface area contributed by atoms with Gasteiger partial charge >= 0.3 is 0 Å². The van der Waals surface area contributed by atoms with Gasteiger partial charge in [-0.2, -0.15) is 0 Å². The van der Waals surface area contributed by atoms with E-state index in [-0.39, 0.29) is 0 Å². The Morgan fingerprint density at radius 1 is 1.12 bits per heavy atom. The Bertz CT molecular complexity index is 750. The number of hydrazine groups is 1. The number of nitrogens with one attached hydrogen (secondary N) is 2. The minimum Gasteiger partial charge on any atom is -0.480 e. The average Bonchev–Trinajstić information content (AvgIpc) is 2.55. The number of aryl methyl sites for hydroxylation is 1. The van der Waals surface area contributed by atoms with E-state index in [9.17, 15) is 9.59 Å². The van der Waals surface area contributed by atoms with Crippen LogP contribution < -0.4 is 15.6 Å². The van der Waals surface area contributed by atoms with Crippen molar-refractivity contribution in [3.05, 3.63) is 63.1 Å². The molecule has 5 nitrogen and oxygen atoms in total. The summed E-state index contributed by atoms with van der Waals surface area (Å²) < 4.78 is 6.18. The zero-order valence-electron chi connectivity index (χ0n) is 13.1. The molecule has 2 N–H and O–H groups in total. The van der Waals surface area contributed by atoms with E-state index >= 15 is 0 Å². The molecule has 0 aliphatic rings. The number of carbonyl (C=O) groups is 2. The van der Waals surface area contributed by atoms with E-state index in [2.05, 4.69) is 26.8 Å². The standard InChI is InChI=1S/C17H16BrClN2O3/c1-10-3-5-12(6-4-10)17(23)21-20-16(22)11(2)24-15-8-7-13(19)9-14(15)18/h3-9,11H,1-2H3,(H,20,22)(H,21,23). The van der Waals surface area contributed by atoms with E-state index in [1.54, 1.807) is 37.3 Å². The van der Waals surface area contributed by atoms with E-state index in [0.29, 0.717) is 20.8 Å². The van der Waals surface area contributed by atoms with Crippen LogP contribution >= 0.6 is 27.5 Å². The quantitative estimate of drug-likeness (QED) is 0.755. The van der Waals surface area contributed by atoms with Gasteiger partial charge in [-0.05, 0) is 60.1 Å². The molecule has 0 spiro atoms. The van der Waals surface area contributed by atoms with Crippen molar-refractivity contribution in [1.29, 1.82) is 0 Å². The van der Waals surface area contributed by atoms with Crippen LogP contribution in [-0.2, 0) is 4.79 Å². The molecule has 7 heteroatoms. The first-order valence-electron chi connectivity index (χ1n) is 7.15. The van der Waals surface area contributed by atoms with Crippen molar-refractivity contribution in [1.82, 2.24) is 10.9 Å². The number of amides is 2. The molecule has 24 heavy (non-hydrogen) atoms. The Hall–Kier alpha value is -2.05. The van der Waals surface area contributed by atoms with Gasteiger partial charge in [-0.3, -0.25) is 20.4 Å². The highest BCUT2D eigenvalue weighted by Crippen LogP contribution is 2.28. The lowest BCUT2D eigenvalue weighted by molar-refractivity contribution is -0.128. The number of hydrogen-bond acceptors (Lipinski definition) is 3. The molecule has 0 heterocycles. The van der Waals surface area contributed by atoms with Crippen molar-refractivity contribution in [2.45, 2.75) is 20.0 Å². The highest BCUT2D eigenvalue weighted by atomic mass is 79.9. The number of ether oxygens (including phenoxy) is 1. The third-order valence-corrected chi connectivity index (χ3v) is 4.03. The van der Waals surface area contributed by atoms with Crippen molar-refractivity contribution >= 4 is 39.3 Å². The highest BCUT2D eigenvalue weighted by molar-refractivity contribution is 9.10. The molecule has 1 unspecified atom stereocenters. The van der Waals surface area contributed by atoms with Gasteiger partial charge in [0.1, 0.15) is 5.75 Å². The van der Waals surface area contributed by atoms with Gasteiger partial charge in [0.25, 0.3) is 11.8 Å². The SMILES string of the molecule is Cc1ccc(C(=O)NNC(=O)C(C)Oc2ccc(Cl)cc2Br)cc1. The normalized spacial score (nSPS) is 11.5. The second kappa shape index (κ2) is 8.17. The van der Waals surface area contributed by atoms with Crippen LogP contribution in [0.2, 0.25) is 5.02 Å². The molecule has 2 amide bonds. The van der Waals surface area contributed by atoms with Gasteiger partial charge in [0.15, 0.2) is 6.10 Å². The number of carbonyl (C=O) groups excluding carboxylic acids is 2. The smallest absolute Gasteiger partial charge is 0.279 e. The van der Waals surface area contributed by atoms with Gasteiger partial charge in [-0.25, -0.2) is 0 Å². The number of halogens is 2. The Morgan fingerprint density at radius 2 is 1.79 bits per heavy atom. The van der Waals surface area contributed by atoms with E-state index in [1.807, 2.05) is 19.1 Å². The van der Waals surface area contributed by atoms with Crippen LogP contribution in [0.25, 0.3) is 0 Å². The molecule has 0 aliphatic heterocycles. The fourth-order valence-electron chi connectivity index (χ4n) is 1.81. The lowest BCUT2D eigenvalue weighted by Gasteiger charge is -2.16. The third kappa shape index (κ3) is 4.97. The Morgan fingerprint density at radius 3 is 2.42 bits per heavy atom. The van der Waals surface area contributed by atoms with Crippen LogP contribution in [-0.4, -0.2) is 17.9 Å². The maximum absolute atomic E-state index is 12.0. The molecule has 1 atom stereocenters. The summed E-state index contributed by atoms with van der Waals surface area (Å²) >= 11 is 9.17. The van der Waals surface area contributed by atoms with E-state index in [4.69, 9.17) is 16.3 Å². The minimum absolute atomic E-state index is 0.400. The molecule has 0 aromatic heterocycles. The molecule has 2 aromatic rings. The minimum atomic E-state index is -0.805. The number of benzene rings is 2. The third-order valence-electron chi connectivity index (χ3n) is 3.18. The summed E-state index contributed by atoms with van der Waals surface area (Å²) in [4.78, 5) is 24.0.